The van der Waals surface area contributed by atoms with E-state index in [1.54, 1.807) is 0 Å². The molecular weight excluding hydrogens is 232 g/mol. The zero-order valence-corrected chi connectivity index (χ0v) is 12.7. The van der Waals surface area contributed by atoms with E-state index in [4.69, 9.17) is 0 Å². The van der Waals surface area contributed by atoms with Crippen LogP contribution >= 0.6 is 0 Å². The van der Waals surface area contributed by atoms with Gasteiger partial charge in [0, 0.05) is 30.3 Å². The standard InChI is InChI=1S/C17H26N2/c1-5-6-10-19-11-9-15-12-14(7-8-16(15)19)13-18-17(2,3)4/h7-9,11-12,18H,5-6,10,13H2,1-4H3. The van der Waals surface area contributed by atoms with Crippen LogP contribution in [0.5, 0.6) is 0 Å². The van der Waals surface area contributed by atoms with E-state index in [2.05, 4.69) is 68.0 Å². The molecule has 0 amide bonds. The fourth-order valence-electron chi connectivity index (χ4n) is 2.25. The molecule has 1 heterocycles. The van der Waals surface area contributed by atoms with Gasteiger partial charge in [-0.1, -0.05) is 19.4 Å². The van der Waals surface area contributed by atoms with Crippen LogP contribution in [0, 0.1) is 0 Å². The maximum atomic E-state index is 3.54. The lowest BCUT2D eigenvalue weighted by molar-refractivity contribution is 0.424. The van der Waals surface area contributed by atoms with Gasteiger partial charge in [-0.2, -0.15) is 0 Å². The fraction of sp³-hybridized carbons (Fsp3) is 0.529. The average molecular weight is 258 g/mol. The van der Waals surface area contributed by atoms with Crippen molar-refractivity contribution in [2.24, 2.45) is 0 Å². The average Bonchev–Trinajstić information content (AvgIpc) is 2.75. The molecule has 0 saturated carbocycles. The van der Waals surface area contributed by atoms with Crippen LogP contribution in [0.1, 0.15) is 46.1 Å². The van der Waals surface area contributed by atoms with Gasteiger partial charge in [0.15, 0.2) is 0 Å². The quantitative estimate of drug-likeness (QED) is 0.844. The van der Waals surface area contributed by atoms with Gasteiger partial charge in [-0.25, -0.2) is 0 Å². The maximum Gasteiger partial charge on any atom is 0.0480 e. The number of fused-ring (bicyclic) bond motifs is 1. The predicted molar refractivity (Wildman–Crippen MR) is 83.4 cm³/mol. The number of aryl methyl sites for hydroxylation is 1. The van der Waals surface area contributed by atoms with Crippen molar-refractivity contribution < 1.29 is 0 Å². The number of unbranched alkanes of at least 4 members (excludes halogenated alkanes) is 1. The fourth-order valence-corrected chi connectivity index (χ4v) is 2.25. The normalized spacial score (nSPS) is 12.2. The molecular formula is C17H26N2. The van der Waals surface area contributed by atoms with Crippen molar-refractivity contribution in [2.45, 2.75) is 59.2 Å². The van der Waals surface area contributed by atoms with Crippen molar-refractivity contribution in [2.75, 3.05) is 0 Å². The Morgan fingerprint density at radius 2 is 1.95 bits per heavy atom. The lowest BCUT2D eigenvalue weighted by atomic mass is 10.1. The van der Waals surface area contributed by atoms with Crippen LogP contribution in [0.15, 0.2) is 30.5 Å². The molecule has 0 atom stereocenters. The van der Waals surface area contributed by atoms with Crippen molar-refractivity contribution in [3.05, 3.63) is 36.0 Å². The molecule has 0 spiro atoms. The summed E-state index contributed by atoms with van der Waals surface area (Å²) in [7, 11) is 0. The Labute approximate surface area is 116 Å². The summed E-state index contributed by atoms with van der Waals surface area (Å²) in [4.78, 5) is 0. The van der Waals surface area contributed by atoms with E-state index < -0.39 is 0 Å². The predicted octanol–water partition coefficient (Wildman–Crippen LogP) is 4.33. The summed E-state index contributed by atoms with van der Waals surface area (Å²) >= 11 is 0. The van der Waals surface area contributed by atoms with Crippen molar-refractivity contribution in [1.29, 1.82) is 0 Å². The Bertz CT molecular complexity index is 532. The molecule has 1 N–H and O–H groups in total. The summed E-state index contributed by atoms with van der Waals surface area (Å²) in [6.07, 6.45) is 4.70. The van der Waals surface area contributed by atoms with Gasteiger partial charge in [-0.05, 0) is 56.3 Å². The van der Waals surface area contributed by atoms with Crippen molar-refractivity contribution in [3.8, 4) is 0 Å². The van der Waals surface area contributed by atoms with Crippen LogP contribution in [0.4, 0.5) is 0 Å². The summed E-state index contributed by atoms with van der Waals surface area (Å²) < 4.78 is 2.36. The summed E-state index contributed by atoms with van der Waals surface area (Å²) in [5.74, 6) is 0. The molecule has 0 fully saturated rings. The minimum absolute atomic E-state index is 0.169. The lowest BCUT2D eigenvalue weighted by Crippen LogP contribution is -2.35. The SMILES string of the molecule is CCCCn1ccc2cc(CNC(C)(C)C)ccc21. The second kappa shape index (κ2) is 5.79. The van der Waals surface area contributed by atoms with Crippen LogP contribution in [0.3, 0.4) is 0 Å². The van der Waals surface area contributed by atoms with Gasteiger partial charge in [0.2, 0.25) is 0 Å². The highest BCUT2D eigenvalue weighted by Gasteiger charge is 2.09. The second-order valence-electron chi connectivity index (χ2n) is 6.36. The molecule has 2 rings (SSSR count). The van der Waals surface area contributed by atoms with Crippen LogP contribution in [-0.4, -0.2) is 10.1 Å². The Hall–Kier alpha value is -1.28. The van der Waals surface area contributed by atoms with Gasteiger partial charge in [0.25, 0.3) is 0 Å². The molecule has 104 valence electrons. The summed E-state index contributed by atoms with van der Waals surface area (Å²) in [5.41, 5.74) is 2.88. The molecule has 19 heavy (non-hydrogen) atoms. The molecule has 0 aliphatic rings. The topological polar surface area (TPSA) is 17.0 Å². The Balaban J connectivity index is 2.13. The van der Waals surface area contributed by atoms with E-state index in [0.717, 1.165) is 13.1 Å². The van der Waals surface area contributed by atoms with Crippen molar-refractivity contribution >= 4 is 10.9 Å². The number of benzene rings is 1. The molecule has 2 heteroatoms. The number of nitrogens with zero attached hydrogens (tertiary/aromatic N) is 1. The first kappa shape index (κ1) is 14.1. The molecule has 2 aromatic rings. The van der Waals surface area contributed by atoms with Gasteiger partial charge in [-0.15, -0.1) is 0 Å². The minimum Gasteiger partial charge on any atom is -0.347 e. The smallest absolute Gasteiger partial charge is 0.0480 e. The summed E-state index contributed by atoms with van der Waals surface area (Å²) in [6, 6.07) is 9.02. The Morgan fingerprint density at radius 1 is 1.16 bits per heavy atom. The molecule has 0 radical (unpaired) electrons. The van der Waals surface area contributed by atoms with E-state index in [0.29, 0.717) is 0 Å². The molecule has 0 aliphatic heterocycles. The van der Waals surface area contributed by atoms with Gasteiger partial charge in [-0.3, -0.25) is 0 Å². The zero-order chi connectivity index (χ0) is 13.9. The lowest BCUT2D eigenvalue weighted by Gasteiger charge is -2.20. The highest BCUT2D eigenvalue weighted by Crippen LogP contribution is 2.19. The van der Waals surface area contributed by atoms with Crippen LogP contribution in [0.25, 0.3) is 10.9 Å². The summed E-state index contributed by atoms with van der Waals surface area (Å²) in [6.45, 7) is 10.9. The largest absolute Gasteiger partial charge is 0.347 e. The number of aromatic nitrogens is 1. The first-order chi connectivity index (χ1) is 8.99. The molecule has 1 aromatic heterocycles. The number of nitrogens with one attached hydrogen (secondary N) is 1. The monoisotopic (exact) mass is 258 g/mol. The van der Waals surface area contributed by atoms with Gasteiger partial charge >= 0.3 is 0 Å². The third-order valence-electron chi connectivity index (χ3n) is 3.41. The molecule has 0 aliphatic carbocycles. The highest BCUT2D eigenvalue weighted by atomic mass is 15.0. The van der Waals surface area contributed by atoms with Gasteiger partial charge in [0.1, 0.15) is 0 Å². The van der Waals surface area contributed by atoms with Crippen LogP contribution in [-0.2, 0) is 13.1 Å². The minimum atomic E-state index is 0.169. The van der Waals surface area contributed by atoms with E-state index in [-0.39, 0.29) is 5.54 Å². The zero-order valence-electron chi connectivity index (χ0n) is 12.7. The van der Waals surface area contributed by atoms with Crippen LogP contribution < -0.4 is 5.32 Å². The third-order valence-corrected chi connectivity index (χ3v) is 3.41. The highest BCUT2D eigenvalue weighted by molar-refractivity contribution is 5.80. The van der Waals surface area contributed by atoms with E-state index in [1.165, 1.54) is 29.3 Å². The first-order valence-electron chi connectivity index (χ1n) is 7.32. The molecule has 0 unspecified atom stereocenters. The second-order valence-corrected chi connectivity index (χ2v) is 6.36. The molecule has 2 nitrogen and oxygen atoms in total. The molecule has 0 bridgehead atoms. The van der Waals surface area contributed by atoms with Crippen LogP contribution in [0.2, 0.25) is 0 Å². The third kappa shape index (κ3) is 3.84. The molecule has 0 saturated heterocycles. The summed E-state index contributed by atoms with van der Waals surface area (Å²) in [5, 5.41) is 4.89. The number of rotatable bonds is 5. The Morgan fingerprint density at radius 3 is 2.63 bits per heavy atom. The van der Waals surface area contributed by atoms with E-state index >= 15 is 0 Å². The van der Waals surface area contributed by atoms with E-state index in [9.17, 15) is 0 Å². The maximum absolute atomic E-state index is 3.54. The van der Waals surface area contributed by atoms with Crippen molar-refractivity contribution in [3.63, 3.8) is 0 Å². The van der Waals surface area contributed by atoms with E-state index in [1.807, 2.05) is 0 Å². The number of hydrogen-bond donors (Lipinski definition) is 1. The van der Waals surface area contributed by atoms with Gasteiger partial charge in [0.05, 0.1) is 0 Å². The first-order valence-corrected chi connectivity index (χ1v) is 7.32. The van der Waals surface area contributed by atoms with Gasteiger partial charge < -0.3 is 9.88 Å². The Kier molecular flexibility index (Phi) is 4.31. The molecule has 1 aromatic carbocycles. The number of hydrogen-bond acceptors (Lipinski definition) is 1. The van der Waals surface area contributed by atoms with Crippen molar-refractivity contribution in [1.82, 2.24) is 9.88 Å².